The van der Waals surface area contributed by atoms with Gasteiger partial charge in [0.05, 0.1) is 5.56 Å². The Hall–Kier alpha value is -2.50. The number of nitrogens with two attached hydrogens (primary N) is 1. The molecular weight excluding hydrogens is 431 g/mol. The summed E-state index contributed by atoms with van der Waals surface area (Å²) in [5.41, 5.74) is -2.16. The molecule has 0 saturated carbocycles. The molecule has 0 spiro atoms. The molecule has 0 bridgehead atoms. The van der Waals surface area contributed by atoms with E-state index in [9.17, 15) is 30.4 Å². The average molecular weight is 439 g/mol. The Kier molecular flexibility index (Phi) is 4.94. The summed E-state index contributed by atoms with van der Waals surface area (Å²) in [4.78, 5) is -1.20. The molecule has 0 aliphatic carbocycles. The fraction of sp³-hybridized carbons (Fsp3) is 0.0625. The molecule has 1 aromatic heterocycles. The zero-order valence-corrected chi connectivity index (χ0v) is 15.0. The number of nitrogens with zero attached hydrogens (tertiary/aromatic N) is 1. The Bertz CT molecular complexity index is 1160. The van der Waals surface area contributed by atoms with E-state index in [2.05, 4.69) is 9.68 Å². The van der Waals surface area contributed by atoms with Crippen molar-refractivity contribution in [1.29, 1.82) is 0 Å². The van der Waals surface area contributed by atoms with Gasteiger partial charge in [0.25, 0.3) is 0 Å². The van der Waals surface area contributed by atoms with Crippen LogP contribution < -0.4 is 5.14 Å². The summed E-state index contributed by atoms with van der Waals surface area (Å²) in [5.74, 6) is -4.68. The van der Waals surface area contributed by atoms with Gasteiger partial charge < -0.3 is 4.52 Å². The van der Waals surface area contributed by atoms with Gasteiger partial charge in [0.2, 0.25) is 15.8 Å². The maximum Gasteiger partial charge on any atom is 0.453 e. The molecule has 0 fully saturated rings. The maximum atomic E-state index is 14.5. The molecule has 5 nitrogen and oxygen atoms in total. The van der Waals surface area contributed by atoms with Crippen molar-refractivity contribution in [3.8, 4) is 22.4 Å². The van der Waals surface area contributed by atoms with Gasteiger partial charge in [-0.25, -0.2) is 22.3 Å². The van der Waals surface area contributed by atoms with E-state index in [1.807, 2.05) is 0 Å². The van der Waals surface area contributed by atoms with Crippen LogP contribution in [0.4, 0.5) is 22.0 Å². The largest absolute Gasteiger partial charge is 0.453 e. The fourth-order valence-electron chi connectivity index (χ4n) is 2.48. The van der Waals surface area contributed by atoms with E-state index in [4.69, 9.17) is 16.7 Å². The third kappa shape index (κ3) is 3.73. The minimum Gasteiger partial charge on any atom is -0.350 e. The average Bonchev–Trinajstić information content (AvgIpc) is 3.01. The topological polar surface area (TPSA) is 86.2 Å². The molecule has 1 heterocycles. The van der Waals surface area contributed by atoms with Crippen molar-refractivity contribution >= 4 is 21.6 Å². The van der Waals surface area contributed by atoms with Gasteiger partial charge in [0.15, 0.2) is 0 Å². The first-order valence-electron chi connectivity index (χ1n) is 7.24. The number of sulfonamides is 1. The highest BCUT2D eigenvalue weighted by atomic mass is 35.5. The lowest BCUT2D eigenvalue weighted by Crippen LogP contribution is -2.15. The van der Waals surface area contributed by atoms with E-state index in [0.29, 0.717) is 0 Å². The minimum absolute atomic E-state index is 0.0778. The maximum absolute atomic E-state index is 14.5. The molecule has 0 aliphatic heterocycles. The Labute approximate surface area is 159 Å². The van der Waals surface area contributed by atoms with Crippen LogP contribution in [0.15, 0.2) is 45.8 Å². The number of alkyl halides is 3. The molecule has 148 valence electrons. The van der Waals surface area contributed by atoms with Gasteiger partial charge in [-0.3, -0.25) is 0 Å². The molecule has 2 N–H and O–H groups in total. The molecule has 0 saturated heterocycles. The van der Waals surface area contributed by atoms with E-state index in [1.54, 1.807) is 0 Å². The summed E-state index contributed by atoms with van der Waals surface area (Å²) in [6, 6.07) is 5.79. The number of aromatic nitrogens is 1. The summed E-state index contributed by atoms with van der Waals surface area (Å²) in [5, 5.41) is 8.38. The predicted octanol–water partition coefficient (Wildman–Crippen LogP) is 4.61. The van der Waals surface area contributed by atoms with Gasteiger partial charge in [0.1, 0.15) is 22.2 Å². The molecule has 0 atom stereocenters. The highest BCUT2D eigenvalue weighted by Crippen LogP contribution is 2.44. The quantitative estimate of drug-likeness (QED) is 0.605. The van der Waals surface area contributed by atoms with Crippen LogP contribution in [0.5, 0.6) is 0 Å². The van der Waals surface area contributed by atoms with Crippen molar-refractivity contribution < 1.29 is 34.9 Å². The zero-order valence-electron chi connectivity index (χ0n) is 13.4. The smallest absolute Gasteiger partial charge is 0.350 e. The van der Waals surface area contributed by atoms with E-state index in [-0.39, 0.29) is 22.7 Å². The van der Waals surface area contributed by atoms with Gasteiger partial charge in [-0.05, 0) is 24.3 Å². The van der Waals surface area contributed by atoms with E-state index in [0.717, 1.165) is 0 Å². The van der Waals surface area contributed by atoms with Crippen LogP contribution in [0.25, 0.3) is 22.4 Å². The second-order valence-corrected chi connectivity index (χ2v) is 7.51. The van der Waals surface area contributed by atoms with Crippen LogP contribution in [0.1, 0.15) is 5.76 Å². The van der Waals surface area contributed by atoms with Gasteiger partial charge in [-0.2, -0.15) is 13.2 Å². The number of hydrogen-bond acceptors (Lipinski definition) is 4. The number of rotatable bonds is 3. The SMILES string of the molecule is NS(=O)(=O)c1cc(F)c(-c2c(-c3ccc(Cl)cc3)noc2C(F)(F)F)cc1F. The highest BCUT2D eigenvalue weighted by Gasteiger charge is 2.42. The Morgan fingerprint density at radius 3 is 2.18 bits per heavy atom. The number of halogens is 6. The third-order valence-electron chi connectivity index (χ3n) is 3.66. The zero-order chi connectivity index (χ0) is 20.9. The lowest BCUT2D eigenvalue weighted by Gasteiger charge is -2.10. The summed E-state index contributed by atoms with van der Waals surface area (Å²) >= 11 is 5.74. The Morgan fingerprint density at radius 2 is 1.64 bits per heavy atom. The van der Waals surface area contributed by atoms with Crippen LogP contribution in [0.3, 0.4) is 0 Å². The fourth-order valence-corrected chi connectivity index (χ4v) is 3.20. The van der Waals surface area contributed by atoms with E-state index >= 15 is 0 Å². The van der Waals surface area contributed by atoms with E-state index < -0.39 is 55.3 Å². The van der Waals surface area contributed by atoms with Crippen molar-refractivity contribution in [2.24, 2.45) is 5.14 Å². The van der Waals surface area contributed by atoms with Crippen molar-refractivity contribution in [2.45, 2.75) is 11.1 Å². The first-order chi connectivity index (χ1) is 12.9. The second kappa shape index (κ2) is 6.83. The number of benzene rings is 2. The predicted molar refractivity (Wildman–Crippen MR) is 88.7 cm³/mol. The molecule has 3 rings (SSSR count). The second-order valence-electron chi connectivity index (χ2n) is 5.55. The van der Waals surface area contributed by atoms with Gasteiger partial charge in [-0.15, -0.1) is 0 Å². The first kappa shape index (κ1) is 20.2. The molecule has 2 aromatic carbocycles. The molecule has 0 radical (unpaired) electrons. The standard InChI is InChI=1S/C16H8ClF5N2O3S/c17-8-3-1-7(2-4-8)14-13(15(27-24-14)16(20,21)22)9-5-11(19)12(6-10(9)18)28(23,25)26/h1-6H,(H2,23,25,26). The normalized spacial score (nSPS) is 12.4. The Balaban J connectivity index is 2.33. The lowest BCUT2D eigenvalue weighted by atomic mass is 9.98. The van der Waals surface area contributed by atoms with Gasteiger partial charge in [0, 0.05) is 16.1 Å². The van der Waals surface area contributed by atoms with Gasteiger partial charge in [-0.1, -0.05) is 28.9 Å². The highest BCUT2D eigenvalue weighted by molar-refractivity contribution is 7.89. The molecular formula is C16H8ClF5N2O3S. The van der Waals surface area contributed by atoms with E-state index in [1.165, 1.54) is 24.3 Å². The minimum atomic E-state index is -5.09. The van der Waals surface area contributed by atoms with Crippen LogP contribution in [0.2, 0.25) is 5.02 Å². The molecule has 0 aliphatic rings. The third-order valence-corrected chi connectivity index (χ3v) is 4.84. The number of hydrogen-bond donors (Lipinski definition) is 1. The summed E-state index contributed by atoms with van der Waals surface area (Å²) < 4.78 is 95.6. The van der Waals surface area contributed by atoms with Crippen LogP contribution in [0, 0.1) is 11.6 Å². The lowest BCUT2D eigenvalue weighted by molar-refractivity contribution is -0.154. The van der Waals surface area contributed by atoms with Crippen molar-refractivity contribution in [3.63, 3.8) is 0 Å². The monoisotopic (exact) mass is 438 g/mol. The molecule has 0 unspecified atom stereocenters. The molecule has 0 amide bonds. The van der Waals surface area contributed by atoms with Crippen LogP contribution in [-0.2, 0) is 16.2 Å². The van der Waals surface area contributed by atoms with Crippen molar-refractivity contribution in [2.75, 3.05) is 0 Å². The molecule has 3 aromatic rings. The van der Waals surface area contributed by atoms with Crippen LogP contribution >= 0.6 is 11.6 Å². The van der Waals surface area contributed by atoms with Crippen molar-refractivity contribution in [1.82, 2.24) is 5.16 Å². The van der Waals surface area contributed by atoms with Crippen molar-refractivity contribution in [3.05, 3.63) is 58.8 Å². The molecule has 28 heavy (non-hydrogen) atoms. The Morgan fingerprint density at radius 1 is 1.04 bits per heavy atom. The van der Waals surface area contributed by atoms with Gasteiger partial charge >= 0.3 is 6.18 Å². The summed E-state index contributed by atoms with van der Waals surface area (Å²) in [7, 11) is -4.64. The van der Waals surface area contributed by atoms with Crippen LogP contribution in [-0.4, -0.2) is 13.6 Å². The summed E-state index contributed by atoms with van der Waals surface area (Å²) in [6.07, 6.45) is -5.09. The first-order valence-corrected chi connectivity index (χ1v) is 9.17. The summed E-state index contributed by atoms with van der Waals surface area (Å²) in [6.45, 7) is 0. The molecule has 12 heteroatoms. The number of primary sulfonamides is 1.